The molecule has 0 radical (unpaired) electrons. The highest BCUT2D eigenvalue weighted by molar-refractivity contribution is 5.83. The minimum absolute atomic E-state index is 0.599. The molecule has 0 atom stereocenters. The van der Waals surface area contributed by atoms with E-state index >= 15 is 0 Å². The number of nitrogens with one attached hydrogen (secondary N) is 2. The van der Waals surface area contributed by atoms with Crippen molar-refractivity contribution in [3.63, 3.8) is 0 Å². The van der Waals surface area contributed by atoms with Gasteiger partial charge in [0.1, 0.15) is 0 Å². The zero-order valence-electron chi connectivity index (χ0n) is 18.9. The van der Waals surface area contributed by atoms with E-state index < -0.39 is 0 Å². The second-order valence-electron chi connectivity index (χ2n) is 8.47. The van der Waals surface area contributed by atoms with Gasteiger partial charge in [-0.25, -0.2) is 0 Å². The van der Waals surface area contributed by atoms with Crippen LogP contribution in [0.5, 0.6) is 0 Å². The molecule has 3 aromatic rings. The molecule has 1 saturated heterocycles. The Balaban J connectivity index is 1.41. The van der Waals surface area contributed by atoms with E-state index in [0.717, 1.165) is 30.2 Å². The van der Waals surface area contributed by atoms with Gasteiger partial charge in [-0.3, -0.25) is 4.98 Å². The number of piperidine rings is 1. The van der Waals surface area contributed by atoms with Crippen molar-refractivity contribution in [3.8, 4) is 11.8 Å². The fraction of sp³-hybridized carbons (Fsp3) is 0.423. The number of aromatic nitrogens is 2. The maximum absolute atomic E-state index is 4.31. The molecule has 0 bridgehead atoms. The van der Waals surface area contributed by atoms with Crippen molar-refractivity contribution >= 4 is 16.6 Å². The van der Waals surface area contributed by atoms with Crippen LogP contribution in [0.4, 0.5) is 5.69 Å². The predicted octanol–water partition coefficient (Wildman–Crippen LogP) is 4.01. The smallest absolute Gasteiger partial charge is 0.0931 e. The Labute approximate surface area is 185 Å². The number of hydrogen-bond acceptors (Lipinski definition) is 4. The summed E-state index contributed by atoms with van der Waals surface area (Å²) in [6.45, 7) is 8.98. The molecular formula is C26H33N5. The molecule has 5 heteroatoms. The highest BCUT2D eigenvalue weighted by atomic mass is 15.1. The summed E-state index contributed by atoms with van der Waals surface area (Å²) in [5.74, 6) is 6.61. The molecule has 5 nitrogen and oxygen atoms in total. The van der Waals surface area contributed by atoms with Gasteiger partial charge in [-0.15, -0.1) is 0 Å². The second-order valence-corrected chi connectivity index (χ2v) is 8.47. The first kappa shape index (κ1) is 21.4. The SMILES string of the molecule is CCn1c(C#CCNc2ccc(C)nc2)cc2cc(CNC3CCN(C)CC3)ccc21. The molecule has 4 rings (SSSR count). The fourth-order valence-corrected chi connectivity index (χ4v) is 4.20. The molecule has 0 aliphatic carbocycles. The molecular weight excluding hydrogens is 382 g/mol. The number of benzene rings is 1. The summed E-state index contributed by atoms with van der Waals surface area (Å²) in [6.07, 6.45) is 4.32. The van der Waals surface area contributed by atoms with E-state index in [1.54, 1.807) is 0 Å². The molecule has 0 amide bonds. The minimum atomic E-state index is 0.599. The van der Waals surface area contributed by atoms with Gasteiger partial charge in [0.2, 0.25) is 0 Å². The quantitative estimate of drug-likeness (QED) is 0.597. The lowest BCUT2D eigenvalue weighted by Gasteiger charge is -2.29. The van der Waals surface area contributed by atoms with Gasteiger partial charge in [0, 0.05) is 35.7 Å². The van der Waals surface area contributed by atoms with Crippen molar-refractivity contribution in [2.45, 2.75) is 45.8 Å². The minimum Gasteiger partial charge on any atom is -0.373 e. The molecule has 2 aromatic heterocycles. The van der Waals surface area contributed by atoms with Gasteiger partial charge in [-0.05, 0) is 88.6 Å². The molecule has 0 spiro atoms. The number of fused-ring (bicyclic) bond motifs is 1. The average Bonchev–Trinajstić information content (AvgIpc) is 3.14. The zero-order valence-corrected chi connectivity index (χ0v) is 18.9. The van der Waals surface area contributed by atoms with Gasteiger partial charge in [0.25, 0.3) is 0 Å². The van der Waals surface area contributed by atoms with E-state index in [1.807, 2.05) is 25.3 Å². The van der Waals surface area contributed by atoms with E-state index in [-0.39, 0.29) is 0 Å². The van der Waals surface area contributed by atoms with Crippen LogP contribution in [0, 0.1) is 18.8 Å². The third-order valence-corrected chi connectivity index (χ3v) is 6.10. The lowest BCUT2D eigenvalue weighted by molar-refractivity contribution is 0.234. The maximum atomic E-state index is 4.31. The number of pyridine rings is 1. The van der Waals surface area contributed by atoms with Crippen molar-refractivity contribution in [3.05, 3.63) is 59.5 Å². The van der Waals surface area contributed by atoms with Crippen LogP contribution in [-0.4, -0.2) is 47.2 Å². The third kappa shape index (κ3) is 5.46. The molecule has 0 unspecified atom stereocenters. The second kappa shape index (κ2) is 10.00. The Morgan fingerprint density at radius 2 is 1.97 bits per heavy atom. The van der Waals surface area contributed by atoms with Crippen molar-refractivity contribution in [2.75, 3.05) is 32.0 Å². The van der Waals surface area contributed by atoms with Gasteiger partial charge < -0.3 is 20.1 Å². The molecule has 3 heterocycles. The van der Waals surface area contributed by atoms with E-state index in [9.17, 15) is 0 Å². The van der Waals surface area contributed by atoms with Crippen LogP contribution in [0.1, 0.15) is 36.7 Å². The van der Waals surface area contributed by atoms with E-state index in [1.165, 1.54) is 42.4 Å². The van der Waals surface area contributed by atoms with Gasteiger partial charge in [0.15, 0.2) is 0 Å². The summed E-state index contributed by atoms with van der Waals surface area (Å²) in [4.78, 5) is 6.72. The van der Waals surface area contributed by atoms with Crippen LogP contribution in [0.25, 0.3) is 10.9 Å². The molecule has 31 heavy (non-hydrogen) atoms. The number of aryl methyl sites for hydroxylation is 2. The van der Waals surface area contributed by atoms with E-state index in [4.69, 9.17) is 0 Å². The summed E-state index contributed by atoms with van der Waals surface area (Å²) in [7, 11) is 2.21. The van der Waals surface area contributed by atoms with Crippen molar-refractivity contribution in [2.24, 2.45) is 0 Å². The Morgan fingerprint density at radius 3 is 2.71 bits per heavy atom. The number of likely N-dealkylation sites (tertiary alicyclic amines) is 1. The van der Waals surface area contributed by atoms with Crippen LogP contribution in [0.2, 0.25) is 0 Å². The lowest BCUT2D eigenvalue weighted by atomic mass is 10.0. The van der Waals surface area contributed by atoms with Crippen molar-refractivity contribution < 1.29 is 0 Å². The normalized spacial score (nSPS) is 15.1. The van der Waals surface area contributed by atoms with Crippen LogP contribution >= 0.6 is 0 Å². The van der Waals surface area contributed by atoms with Crippen molar-refractivity contribution in [1.82, 2.24) is 19.8 Å². The lowest BCUT2D eigenvalue weighted by Crippen LogP contribution is -2.40. The summed E-state index contributed by atoms with van der Waals surface area (Å²) >= 11 is 0. The van der Waals surface area contributed by atoms with Crippen LogP contribution in [0.15, 0.2) is 42.6 Å². The van der Waals surface area contributed by atoms with Gasteiger partial charge >= 0.3 is 0 Å². The molecule has 2 N–H and O–H groups in total. The number of rotatable bonds is 6. The molecule has 1 aliphatic heterocycles. The summed E-state index contributed by atoms with van der Waals surface area (Å²) in [5.41, 5.74) is 5.68. The third-order valence-electron chi connectivity index (χ3n) is 6.10. The molecule has 1 aromatic carbocycles. The molecule has 1 aliphatic rings. The standard InChI is InChI=1S/C26H33N5/c1-4-31-25(6-5-13-27-24-9-7-20(2)28-19-24)17-22-16-21(8-10-26(22)31)18-29-23-11-14-30(3)15-12-23/h7-10,16-17,19,23,27,29H,4,11-15,18H2,1-3H3. The fourth-order valence-electron chi connectivity index (χ4n) is 4.20. The number of nitrogens with zero attached hydrogens (tertiary/aromatic N) is 3. The Morgan fingerprint density at radius 1 is 1.13 bits per heavy atom. The van der Waals surface area contributed by atoms with E-state index in [0.29, 0.717) is 12.6 Å². The first-order valence-corrected chi connectivity index (χ1v) is 11.3. The Kier molecular flexibility index (Phi) is 6.91. The number of hydrogen-bond donors (Lipinski definition) is 2. The van der Waals surface area contributed by atoms with Gasteiger partial charge in [-0.1, -0.05) is 12.0 Å². The molecule has 162 valence electrons. The van der Waals surface area contributed by atoms with E-state index in [2.05, 4.69) is 75.2 Å². The number of anilines is 1. The first-order valence-electron chi connectivity index (χ1n) is 11.3. The summed E-state index contributed by atoms with van der Waals surface area (Å²) in [6, 6.07) is 13.7. The maximum Gasteiger partial charge on any atom is 0.0931 e. The summed E-state index contributed by atoms with van der Waals surface area (Å²) in [5, 5.41) is 8.33. The van der Waals surface area contributed by atoms with Crippen LogP contribution in [-0.2, 0) is 13.1 Å². The summed E-state index contributed by atoms with van der Waals surface area (Å²) < 4.78 is 2.30. The average molecular weight is 416 g/mol. The Hall–Kier alpha value is -2.81. The Bertz CT molecular complexity index is 1060. The highest BCUT2D eigenvalue weighted by Gasteiger charge is 2.16. The highest BCUT2D eigenvalue weighted by Crippen LogP contribution is 2.21. The molecule has 1 fully saturated rings. The topological polar surface area (TPSA) is 45.1 Å². The van der Waals surface area contributed by atoms with Crippen LogP contribution in [0.3, 0.4) is 0 Å². The first-order chi connectivity index (χ1) is 15.1. The largest absolute Gasteiger partial charge is 0.373 e. The van der Waals surface area contributed by atoms with Gasteiger partial charge in [-0.2, -0.15) is 0 Å². The monoisotopic (exact) mass is 415 g/mol. The van der Waals surface area contributed by atoms with Gasteiger partial charge in [0.05, 0.1) is 24.1 Å². The predicted molar refractivity (Wildman–Crippen MR) is 129 cm³/mol. The van der Waals surface area contributed by atoms with Crippen molar-refractivity contribution in [1.29, 1.82) is 0 Å². The zero-order chi connectivity index (χ0) is 21.6. The molecule has 0 saturated carbocycles. The van der Waals surface area contributed by atoms with Crippen LogP contribution < -0.4 is 10.6 Å².